The minimum atomic E-state index is -0.0224. The van der Waals surface area contributed by atoms with Crippen molar-refractivity contribution in [3.63, 3.8) is 0 Å². The van der Waals surface area contributed by atoms with Crippen LogP contribution in [-0.4, -0.2) is 46.4 Å². The molecule has 1 aliphatic rings. The maximum atomic E-state index is 12.7. The van der Waals surface area contributed by atoms with Crippen molar-refractivity contribution in [2.75, 3.05) is 19.7 Å². The van der Waals surface area contributed by atoms with Crippen LogP contribution in [0.15, 0.2) is 24.3 Å². The summed E-state index contributed by atoms with van der Waals surface area (Å²) in [6, 6.07) is 8.19. The highest BCUT2D eigenvalue weighted by atomic mass is 16.5. The van der Waals surface area contributed by atoms with Crippen LogP contribution in [0.3, 0.4) is 0 Å². The topological polar surface area (TPSA) is 47.4 Å². The van der Waals surface area contributed by atoms with Crippen LogP contribution < -0.4 is 0 Å². The van der Waals surface area contributed by atoms with Crippen LogP contribution in [0.1, 0.15) is 28.5 Å². The first kappa shape index (κ1) is 15.7. The van der Waals surface area contributed by atoms with Crippen molar-refractivity contribution >= 4 is 5.91 Å². The molecule has 0 saturated carbocycles. The zero-order chi connectivity index (χ0) is 16.6. The normalized spacial score (nSPS) is 18.3. The second-order valence-electron chi connectivity index (χ2n) is 6.27. The first-order valence-electron chi connectivity index (χ1n) is 7.98. The van der Waals surface area contributed by atoms with Crippen LogP contribution >= 0.6 is 0 Å². The summed E-state index contributed by atoms with van der Waals surface area (Å²) in [5.74, 6) is -0.0224. The van der Waals surface area contributed by atoms with Gasteiger partial charge in [0.25, 0.3) is 5.91 Å². The Morgan fingerprint density at radius 2 is 2.04 bits per heavy atom. The molecule has 0 N–H and O–H groups in total. The Morgan fingerprint density at radius 3 is 2.74 bits per heavy atom. The summed E-state index contributed by atoms with van der Waals surface area (Å²) >= 11 is 0. The molecule has 1 aromatic heterocycles. The number of aromatic nitrogens is 2. The third kappa shape index (κ3) is 3.15. The van der Waals surface area contributed by atoms with Crippen molar-refractivity contribution < 1.29 is 9.53 Å². The molecule has 2 aromatic rings. The van der Waals surface area contributed by atoms with Crippen LogP contribution in [0.4, 0.5) is 0 Å². The molecule has 1 amide bonds. The highest BCUT2D eigenvalue weighted by Gasteiger charge is 2.25. The fraction of sp³-hybridized carbons (Fsp3) is 0.444. The Kier molecular flexibility index (Phi) is 4.22. The molecule has 1 aromatic carbocycles. The van der Waals surface area contributed by atoms with Gasteiger partial charge in [-0.25, -0.2) is 0 Å². The Labute approximate surface area is 136 Å². The molecule has 2 heterocycles. The van der Waals surface area contributed by atoms with Crippen LogP contribution in [0, 0.1) is 13.8 Å². The second kappa shape index (κ2) is 6.16. The van der Waals surface area contributed by atoms with Crippen LogP contribution in [0.25, 0.3) is 11.3 Å². The number of rotatable bonds is 2. The number of morpholine rings is 1. The summed E-state index contributed by atoms with van der Waals surface area (Å²) in [5.41, 5.74) is 5.03. The van der Waals surface area contributed by atoms with Gasteiger partial charge in [0, 0.05) is 25.7 Å². The molecule has 0 aliphatic carbocycles. The molecular weight excluding hydrogens is 290 g/mol. The number of aryl methyl sites for hydroxylation is 3. The van der Waals surface area contributed by atoms with Crippen molar-refractivity contribution in [3.8, 4) is 11.3 Å². The van der Waals surface area contributed by atoms with Gasteiger partial charge in [-0.05, 0) is 44.0 Å². The predicted molar refractivity (Wildman–Crippen MR) is 89.4 cm³/mol. The van der Waals surface area contributed by atoms with Gasteiger partial charge in [0.05, 0.1) is 18.4 Å². The number of amides is 1. The monoisotopic (exact) mass is 313 g/mol. The third-order valence-corrected chi connectivity index (χ3v) is 4.43. The smallest absolute Gasteiger partial charge is 0.274 e. The lowest BCUT2D eigenvalue weighted by Crippen LogP contribution is -2.44. The summed E-state index contributed by atoms with van der Waals surface area (Å²) < 4.78 is 7.28. The van der Waals surface area contributed by atoms with E-state index in [-0.39, 0.29) is 12.0 Å². The molecule has 0 radical (unpaired) electrons. The van der Waals surface area contributed by atoms with Gasteiger partial charge in [-0.15, -0.1) is 0 Å². The van der Waals surface area contributed by atoms with Gasteiger partial charge in [0.15, 0.2) is 5.69 Å². The van der Waals surface area contributed by atoms with Crippen LogP contribution in [0.2, 0.25) is 0 Å². The molecule has 1 unspecified atom stereocenters. The number of carbonyl (C=O) groups excluding carboxylic acids is 1. The highest BCUT2D eigenvalue weighted by molar-refractivity contribution is 5.93. The zero-order valence-corrected chi connectivity index (χ0v) is 14.2. The minimum absolute atomic E-state index is 0.0224. The number of carbonyl (C=O) groups is 1. The molecule has 1 aliphatic heterocycles. The highest BCUT2D eigenvalue weighted by Crippen LogP contribution is 2.23. The van der Waals surface area contributed by atoms with E-state index in [4.69, 9.17) is 4.74 Å². The molecule has 1 atom stereocenters. The predicted octanol–water partition coefficient (Wildman–Crippen LogP) is 2.56. The molecule has 3 rings (SSSR count). The van der Waals surface area contributed by atoms with E-state index in [0.29, 0.717) is 25.4 Å². The Hall–Kier alpha value is -2.14. The van der Waals surface area contributed by atoms with Crippen molar-refractivity contribution in [1.82, 2.24) is 14.7 Å². The summed E-state index contributed by atoms with van der Waals surface area (Å²) in [4.78, 5) is 14.5. The van der Waals surface area contributed by atoms with Crippen molar-refractivity contribution in [2.24, 2.45) is 7.05 Å². The summed E-state index contributed by atoms with van der Waals surface area (Å²) in [6.45, 7) is 8.00. The summed E-state index contributed by atoms with van der Waals surface area (Å²) in [6.07, 6.45) is 0.0793. The molecular formula is C18H23N3O2. The van der Waals surface area contributed by atoms with E-state index >= 15 is 0 Å². The maximum Gasteiger partial charge on any atom is 0.274 e. The van der Waals surface area contributed by atoms with Gasteiger partial charge in [0.1, 0.15) is 0 Å². The fourth-order valence-electron chi connectivity index (χ4n) is 2.91. The molecule has 23 heavy (non-hydrogen) atoms. The van der Waals surface area contributed by atoms with Crippen molar-refractivity contribution in [3.05, 3.63) is 41.1 Å². The van der Waals surface area contributed by atoms with Gasteiger partial charge in [-0.1, -0.05) is 12.1 Å². The largest absolute Gasteiger partial charge is 0.375 e. The van der Waals surface area contributed by atoms with Crippen molar-refractivity contribution in [2.45, 2.75) is 26.9 Å². The average Bonchev–Trinajstić information content (AvgIpc) is 2.91. The van der Waals surface area contributed by atoms with Gasteiger partial charge < -0.3 is 9.64 Å². The quantitative estimate of drug-likeness (QED) is 0.856. The van der Waals surface area contributed by atoms with E-state index < -0.39 is 0 Å². The Balaban J connectivity index is 1.88. The van der Waals surface area contributed by atoms with Gasteiger partial charge >= 0.3 is 0 Å². The Morgan fingerprint density at radius 1 is 1.26 bits per heavy atom. The first-order chi connectivity index (χ1) is 11.0. The van der Waals surface area contributed by atoms with Gasteiger partial charge in [-0.2, -0.15) is 5.10 Å². The van der Waals surface area contributed by atoms with E-state index in [1.165, 1.54) is 11.1 Å². The van der Waals surface area contributed by atoms with E-state index in [1.807, 2.05) is 24.9 Å². The molecule has 5 heteroatoms. The average molecular weight is 313 g/mol. The summed E-state index contributed by atoms with van der Waals surface area (Å²) in [5, 5.41) is 4.42. The maximum absolute atomic E-state index is 12.7. The zero-order valence-electron chi connectivity index (χ0n) is 14.2. The molecule has 122 valence electrons. The minimum Gasteiger partial charge on any atom is -0.375 e. The lowest BCUT2D eigenvalue weighted by Gasteiger charge is -2.30. The van der Waals surface area contributed by atoms with E-state index in [0.717, 1.165) is 11.3 Å². The van der Waals surface area contributed by atoms with E-state index in [9.17, 15) is 4.79 Å². The second-order valence-corrected chi connectivity index (χ2v) is 6.27. The summed E-state index contributed by atoms with van der Waals surface area (Å²) in [7, 11) is 1.88. The molecule has 0 bridgehead atoms. The lowest BCUT2D eigenvalue weighted by atomic mass is 10.0. The molecule has 1 saturated heterocycles. The third-order valence-electron chi connectivity index (χ3n) is 4.43. The molecule has 0 spiro atoms. The fourth-order valence-corrected chi connectivity index (χ4v) is 2.91. The van der Waals surface area contributed by atoms with Crippen LogP contribution in [0.5, 0.6) is 0 Å². The lowest BCUT2D eigenvalue weighted by molar-refractivity contribution is -0.0126. The Bertz CT molecular complexity index is 736. The van der Waals surface area contributed by atoms with Gasteiger partial charge in [-0.3, -0.25) is 9.48 Å². The van der Waals surface area contributed by atoms with Crippen LogP contribution in [-0.2, 0) is 11.8 Å². The van der Waals surface area contributed by atoms with Crippen molar-refractivity contribution in [1.29, 1.82) is 0 Å². The number of nitrogens with zero attached hydrogens (tertiary/aromatic N) is 3. The number of hydrogen-bond donors (Lipinski definition) is 0. The SMILES string of the molecule is Cc1ccc(-c2cc(C(=O)N3CCOC(C)C3)nn2C)cc1C. The number of hydrogen-bond acceptors (Lipinski definition) is 3. The van der Waals surface area contributed by atoms with Gasteiger partial charge in [0.2, 0.25) is 0 Å². The molecule has 5 nitrogen and oxygen atoms in total. The number of benzene rings is 1. The first-order valence-corrected chi connectivity index (χ1v) is 7.98. The number of ether oxygens (including phenoxy) is 1. The van der Waals surface area contributed by atoms with E-state index in [1.54, 1.807) is 4.68 Å². The molecule has 1 fully saturated rings. The van der Waals surface area contributed by atoms with E-state index in [2.05, 4.69) is 37.1 Å². The standard InChI is InChI=1S/C18H23N3O2/c1-12-5-6-15(9-13(12)2)17-10-16(19-20(17)4)18(22)21-7-8-23-14(3)11-21/h5-6,9-10,14H,7-8,11H2,1-4H3.